The van der Waals surface area contributed by atoms with Crippen LogP contribution in [0.4, 0.5) is 0 Å². The molecule has 30 heavy (non-hydrogen) atoms. The lowest BCUT2D eigenvalue weighted by atomic mass is 9.67. The highest BCUT2D eigenvalue weighted by Crippen LogP contribution is 2.40. The van der Waals surface area contributed by atoms with Gasteiger partial charge < -0.3 is 19.1 Å². The Bertz CT molecular complexity index is 776. The van der Waals surface area contributed by atoms with Crippen LogP contribution in [0.5, 0.6) is 11.5 Å². The third-order valence-corrected chi connectivity index (χ3v) is 6.28. The largest absolute Gasteiger partial charge is 0.493 e. The van der Waals surface area contributed by atoms with Crippen molar-refractivity contribution in [2.24, 2.45) is 17.8 Å². The van der Waals surface area contributed by atoms with E-state index in [1.54, 1.807) is 25.2 Å². The number of carbonyl (C=O) groups excluding carboxylic acids is 3. The average Bonchev–Trinajstić information content (AvgIpc) is 2.75. The predicted octanol–water partition coefficient (Wildman–Crippen LogP) is 2.99. The van der Waals surface area contributed by atoms with Crippen molar-refractivity contribution < 1.29 is 28.6 Å². The molecule has 1 aromatic rings. The van der Waals surface area contributed by atoms with Crippen molar-refractivity contribution >= 4 is 17.7 Å². The predicted molar refractivity (Wildman–Crippen MR) is 110 cm³/mol. The van der Waals surface area contributed by atoms with Gasteiger partial charge >= 0.3 is 5.97 Å². The zero-order chi connectivity index (χ0) is 21.7. The molecule has 2 fully saturated rings. The van der Waals surface area contributed by atoms with Crippen LogP contribution in [0.2, 0.25) is 0 Å². The lowest BCUT2D eigenvalue weighted by molar-refractivity contribution is -0.159. The van der Waals surface area contributed by atoms with E-state index in [0.29, 0.717) is 43.2 Å². The first-order chi connectivity index (χ1) is 14.5. The van der Waals surface area contributed by atoms with Crippen molar-refractivity contribution in [3.05, 3.63) is 23.8 Å². The lowest BCUT2D eigenvalue weighted by Gasteiger charge is -2.36. The number of ketones is 1. The van der Waals surface area contributed by atoms with Crippen LogP contribution in [0.15, 0.2) is 18.2 Å². The maximum atomic E-state index is 12.6. The van der Waals surface area contributed by atoms with Crippen LogP contribution in [0.3, 0.4) is 0 Å². The summed E-state index contributed by atoms with van der Waals surface area (Å²) >= 11 is 0. The summed E-state index contributed by atoms with van der Waals surface area (Å²) in [6.45, 7) is 2.48. The molecule has 0 aliphatic heterocycles. The minimum atomic E-state index is -0.352. The van der Waals surface area contributed by atoms with Gasteiger partial charge in [-0.25, -0.2) is 0 Å². The van der Waals surface area contributed by atoms with Gasteiger partial charge in [0.2, 0.25) is 0 Å². The highest BCUT2D eigenvalue weighted by molar-refractivity contribution is 5.88. The van der Waals surface area contributed by atoms with Crippen LogP contribution in [0.25, 0.3) is 0 Å². The summed E-state index contributed by atoms with van der Waals surface area (Å²) in [4.78, 5) is 39.0. The average molecular weight is 418 g/mol. The molecular formula is C23H31NO6. The highest BCUT2D eigenvalue weighted by atomic mass is 16.5. The topological polar surface area (TPSA) is 82.1 Å². The number of hydrogen-bond donors (Lipinski definition) is 0. The Morgan fingerprint density at radius 1 is 1.07 bits per heavy atom. The molecule has 1 amide bonds. The van der Waals surface area contributed by atoms with Crippen molar-refractivity contribution in [2.75, 3.05) is 27.4 Å². The summed E-state index contributed by atoms with van der Waals surface area (Å²) in [7, 11) is 3.14. The lowest BCUT2D eigenvalue weighted by Crippen LogP contribution is -2.40. The van der Waals surface area contributed by atoms with Crippen molar-refractivity contribution in [1.29, 1.82) is 0 Å². The van der Waals surface area contributed by atoms with Crippen molar-refractivity contribution in [3.8, 4) is 11.5 Å². The number of Topliss-reactive ketones (excluding diaryl/α,β-unsaturated/α-hetero) is 1. The first kappa shape index (κ1) is 22.1. The quantitative estimate of drug-likeness (QED) is 0.605. The normalized spacial score (nSPS) is 22.9. The van der Waals surface area contributed by atoms with Crippen molar-refractivity contribution in [2.45, 2.75) is 45.6 Å². The van der Waals surface area contributed by atoms with Gasteiger partial charge in [-0.1, -0.05) is 12.5 Å². The smallest absolute Gasteiger partial charge is 0.309 e. The summed E-state index contributed by atoms with van der Waals surface area (Å²) < 4.78 is 15.9. The van der Waals surface area contributed by atoms with Crippen LogP contribution in [-0.2, 0) is 25.7 Å². The molecule has 2 aliphatic rings. The monoisotopic (exact) mass is 417 g/mol. The molecule has 164 valence electrons. The molecule has 0 spiro atoms. The molecule has 1 unspecified atom stereocenters. The summed E-state index contributed by atoms with van der Waals surface area (Å²) in [6, 6.07) is 5.51. The van der Waals surface area contributed by atoms with Crippen molar-refractivity contribution in [1.82, 2.24) is 4.90 Å². The molecule has 0 N–H and O–H groups in total. The Morgan fingerprint density at radius 3 is 2.33 bits per heavy atom. The molecule has 0 heterocycles. The van der Waals surface area contributed by atoms with Crippen LogP contribution < -0.4 is 9.47 Å². The molecular weight excluding hydrogens is 386 g/mol. The van der Waals surface area contributed by atoms with Gasteiger partial charge in [-0.05, 0) is 50.3 Å². The van der Waals surface area contributed by atoms with E-state index in [9.17, 15) is 14.4 Å². The maximum Gasteiger partial charge on any atom is 0.309 e. The van der Waals surface area contributed by atoms with E-state index in [2.05, 4.69) is 0 Å². The minimum absolute atomic E-state index is 0.0112. The van der Waals surface area contributed by atoms with E-state index >= 15 is 0 Å². The summed E-state index contributed by atoms with van der Waals surface area (Å²) in [5.41, 5.74) is 0.896. The van der Waals surface area contributed by atoms with Gasteiger partial charge in [-0.15, -0.1) is 0 Å². The van der Waals surface area contributed by atoms with Gasteiger partial charge in [0.05, 0.1) is 20.1 Å². The SMILES string of the molecule is CCN(Cc1ccc(OC)c(OC)c1)C(=O)COC(=O)C1C[C@H]2CCC[C@@H](C1)C2=O. The van der Waals surface area contributed by atoms with Gasteiger partial charge in [0.15, 0.2) is 18.1 Å². The van der Waals surface area contributed by atoms with Crippen LogP contribution in [-0.4, -0.2) is 49.9 Å². The van der Waals surface area contributed by atoms with E-state index in [4.69, 9.17) is 14.2 Å². The number of hydrogen-bond acceptors (Lipinski definition) is 6. The molecule has 0 aromatic heterocycles. The zero-order valence-electron chi connectivity index (χ0n) is 18.0. The maximum absolute atomic E-state index is 12.6. The Labute approximate surface area is 177 Å². The van der Waals surface area contributed by atoms with E-state index < -0.39 is 0 Å². The number of amides is 1. The molecule has 2 bridgehead atoms. The number of ether oxygens (including phenoxy) is 3. The van der Waals surface area contributed by atoms with Gasteiger partial charge in [0.1, 0.15) is 5.78 Å². The number of carbonyl (C=O) groups is 3. The van der Waals surface area contributed by atoms with Gasteiger partial charge in [-0.2, -0.15) is 0 Å². The van der Waals surface area contributed by atoms with Crippen LogP contribution in [0.1, 0.15) is 44.6 Å². The Balaban J connectivity index is 1.54. The van der Waals surface area contributed by atoms with E-state index in [-0.39, 0.29) is 36.2 Å². The third kappa shape index (κ3) is 4.94. The first-order valence-electron chi connectivity index (χ1n) is 10.7. The number of esters is 1. The zero-order valence-corrected chi connectivity index (χ0v) is 18.0. The standard InChI is InChI=1S/C23H31NO6/c1-4-24(13-15-8-9-19(28-2)20(10-15)29-3)21(25)14-30-23(27)18-11-16-6-5-7-17(12-18)22(16)26/h8-10,16-18H,4-7,11-14H2,1-3H3/t16-,17+,18?. The molecule has 7 nitrogen and oxygen atoms in total. The third-order valence-electron chi connectivity index (χ3n) is 6.28. The Morgan fingerprint density at radius 2 is 1.73 bits per heavy atom. The van der Waals surface area contributed by atoms with Gasteiger partial charge in [0.25, 0.3) is 5.91 Å². The van der Waals surface area contributed by atoms with E-state index in [1.165, 1.54) is 0 Å². The molecule has 2 saturated carbocycles. The molecule has 1 aromatic carbocycles. The second-order valence-corrected chi connectivity index (χ2v) is 8.10. The number of rotatable bonds is 8. The van der Waals surface area contributed by atoms with Crippen LogP contribution in [0, 0.1) is 17.8 Å². The second-order valence-electron chi connectivity index (χ2n) is 8.10. The molecule has 0 saturated heterocycles. The minimum Gasteiger partial charge on any atom is -0.493 e. The Hall–Kier alpha value is -2.57. The van der Waals surface area contributed by atoms with Gasteiger partial charge in [-0.3, -0.25) is 14.4 Å². The van der Waals surface area contributed by atoms with Gasteiger partial charge in [0, 0.05) is 24.9 Å². The molecule has 3 atom stereocenters. The number of methoxy groups -OCH3 is 2. The van der Waals surface area contributed by atoms with Crippen LogP contribution >= 0.6 is 0 Å². The summed E-state index contributed by atoms with van der Waals surface area (Å²) in [5, 5.41) is 0. The Kier molecular flexibility index (Phi) is 7.34. The molecule has 7 heteroatoms. The number of benzene rings is 1. The molecule has 0 radical (unpaired) electrons. The van der Waals surface area contributed by atoms with E-state index in [0.717, 1.165) is 24.8 Å². The number of fused-ring (bicyclic) bond motifs is 2. The highest BCUT2D eigenvalue weighted by Gasteiger charge is 2.41. The first-order valence-corrected chi connectivity index (χ1v) is 10.7. The van der Waals surface area contributed by atoms with E-state index in [1.807, 2.05) is 19.1 Å². The molecule has 3 rings (SSSR count). The fourth-order valence-corrected chi connectivity index (χ4v) is 4.59. The number of likely N-dealkylation sites (N-methyl/N-ethyl adjacent to an activating group) is 1. The number of nitrogens with zero attached hydrogens (tertiary/aromatic N) is 1. The molecule has 2 aliphatic carbocycles. The fraction of sp³-hybridized carbons (Fsp3) is 0.609. The fourth-order valence-electron chi connectivity index (χ4n) is 4.59. The van der Waals surface area contributed by atoms with Crippen molar-refractivity contribution in [3.63, 3.8) is 0 Å². The second kappa shape index (κ2) is 9.96. The summed E-state index contributed by atoms with van der Waals surface area (Å²) in [6.07, 6.45) is 3.92. The summed E-state index contributed by atoms with van der Waals surface area (Å²) in [5.74, 6) is 0.649.